The Morgan fingerprint density at radius 2 is 2.09 bits per heavy atom. The molecule has 0 saturated heterocycles. The predicted molar refractivity (Wildman–Crippen MR) is 105 cm³/mol. The molecule has 1 atom stereocenters. The summed E-state index contributed by atoms with van der Waals surface area (Å²) in [6.07, 6.45) is 4.53. The molecule has 0 amide bonds. The molecule has 1 aromatic carbocycles. The van der Waals surface area contributed by atoms with E-state index in [0.29, 0.717) is 0 Å². The summed E-state index contributed by atoms with van der Waals surface area (Å²) >= 11 is 0. The fourth-order valence-corrected chi connectivity index (χ4v) is 2.55. The van der Waals surface area contributed by atoms with Crippen molar-refractivity contribution in [2.45, 2.75) is 31.8 Å². The van der Waals surface area contributed by atoms with Gasteiger partial charge in [0.15, 0.2) is 5.96 Å². The van der Waals surface area contributed by atoms with Crippen LogP contribution in [0.3, 0.4) is 0 Å². The molecule has 23 heavy (non-hydrogen) atoms. The van der Waals surface area contributed by atoms with Crippen LogP contribution in [-0.4, -0.2) is 45.9 Å². The number of nitrogens with one attached hydrogen (secondary N) is 2. The monoisotopic (exact) mass is 433 g/mol. The number of unbranched alkanes of at least 4 members (excludes halogenated alkanes) is 2. The molecule has 6 heteroatoms. The van der Waals surface area contributed by atoms with Gasteiger partial charge in [-0.25, -0.2) is 0 Å². The Labute approximate surface area is 156 Å². The van der Waals surface area contributed by atoms with E-state index in [0.717, 1.165) is 50.7 Å². The molecule has 1 aliphatic heterocycles. The van der Waals surface area contributed by atoms with Crippen LogP contribution in [0.2, 0.25) is 0 Å². The Balaban J connectivity index is 0.00000264. The summed E-state index contributed by atoms with van der Waals surface area (Å²) in [6.45, 7) is 2.53. The van der Waals surface area contributed by atoms with Crippen molar-refractivity contribution in [2.24, 2.45) is 4.99 Å². The zero-order valence-electron chi connectivity index (χ0n) is 14.0. The van der Waals surface area contributed by atoms with Crippen molar-refractivity contribution in [2.75, 3.05) is 33.9 Å². The Bertz CT molecular complexity index is 458. The van der Waals surface area contributed by atoms with E-state index in [1.165, 1.54) is 12.0 Å². The zero-order chi connectivity index (χ0) is 15.6. The second kappa shape index (κ2) is 11.5. The first kappa shape index (κ1) is 20.0. The van der Waals surface area contributed by atoms with Gasteiger partial charge in [0.2, 0.25) is 0 Å². The predicted octanol–water partition coefficient (Wildman–Crippen LogP) is 2.59. The first-order valence-electron chi connectivity index (χ1n) is 8.01. The highest BCUT2D eigenvalue weighted by atomic mass is 127. The number of methoxy groups -OCH3 is 1. The number of nitrogens with zero attached hydrogens (tertiary/aromatic N) is 1. The number of aliphatic imine (C=N–C) groups is 1. The molecule has 2 rings (SSSR count). The number of ether oxygens (including phenoxy) is 2. The SMILES string of the molecule is CN=C(NCCCCCOC)NCC1Cc2ccccc2O1.I. The summed E-state index contributed by atoms with van der Waals surface area (Å²) in [7, 11) is 3.54. The Morgan fingerprint density at radius 1 is 1.26 bits per heavy atom. The maximum Gasteiger partial charge on any atom is 0.191 e. The summed E-state index contributed by atoms with van der Waals surface area (Å²) in [6, 6.07) is 8.23. The van der Waals surface area contributed by atoms with E-state index >= 15 is 0 Å². The number of benzene rings is 1. The molecule has 130 valence electrons. The molecule has 1 unspecified atom stereocenters. The van der Waals surface area contributed by atoms with Crippen molar-refractivity contribution in [3.63, 3.8) is 0 Å². The average Bonchev–Trinajstić information content (AvgIpc) is 2.96. The summed E-state index contributed by atoms with van der Waals surface area (Å²) < 4.78 is 11.0. The van der Waals surface area contributed by atoms with Crippen molar-refractivity contribution in [3.05, 3.63) is 29.8 Å². The fraction of sp³-hybridized carbons (Fsp3) is 0.588. The Morgan fingerprint density at radius 3 is 2.83 bits per heavy atom. The summed E-state index contributed by atoms with van der Waals surface area (Å²) in [5.41, 5.74) is 1.29. The van der Waals surface area contributed by atoms with Crippen LogP contribution in [0.1, 0.15) is 24.8 Å². The van der Waals surface area contributed by atoms with Crippen molar-refractivity contribution >= 4 is 29.9 Å². The van der Waals surface area contributed by atoms with Gasteiger partial charge in [0, 0.05) is 33.7 Å². The van der Waals surface area contributed by atoms with E-state index in [1.54, 1.807) is 14.2 Å². The standard InChI is InChI=1S/C17H27N3O2.HI/c1-18-17(19-10-6-3-7-11-21-2)20-13-15-12-14-8-4-5-9-16(14)22-15;/h4-5,8-9,15H,3,6-7,10-13H2,1-2H3,(H2,18,19,20);1H. The first-order chi connectivity index (χ1) is 10.8. The van der Waals surface area contributed by atoms with E-state index in [9.17, 15) is 0 Å². The molecule has 0 fully saturated rings. The van der Waals surface area contributed by atoms with Crippen molar-refractivity contribution < 1.29 is 9.47 Å². The van der Waals surface area contributed by atoms with Gasteiger partial charge in [0.1, 0.15) is 11.9 Å². The smallest absolute Gasteiger partial charge is 0.191 e. The van der Waals surface area contributed by atoms with Gasteiger partial charge in [-0.2, -0.15) is 0 Å². The molecule has 1 aromatic rings. The van der Waals surface area contributed by atoms with Crippen LogP contribution < -0.4 is 15.4 Å². The van der Waals surface area contributed by atoms with Gasteiger partial charge < -0.3 is 20.1 Å². The molecule has 1 aliphatic rings. The minimum atomic E-state index is 0. The van der Waals surface area contributed by atoms with Crippen LogP contribution in [0.25, 0.3) is 0 Å². The third-order valence-electron chi connectivity index (χ3n) is 3.75. The molecule has 0 spiro atoms. The average molecular weight is 433 g/mol. The largest absolute Gasteiger partial charge is 0.488 e. The highest BCUT2D eigenvalue weighted by molar-refractivity contribution is 14.0. The van der Waals surface area contributed by atoms with E-state index in [4.69, 9.17) is 9.47 Å². The van der Waals surface area contributed by atoms with Gasteiger partial charge in [0.05, 0.1) is 6.54 Å². The summed E-state index contributed by atoms with van der Waals surface area (Å²) in [5.74, 6) is 1.85. The molecular weight excluding hydrogens is 405 g/mol. The van der Waals surface area contributed by atoms with E-state index in [1.807, 2.05) is 12.1 Å². The molecule has 5 nitrogen and oxygen atoms in total. The molecule has 1 heterocycles. The molecule has 0 bridgehead atoms. The van der Waals surface area contributed by atoms with Crippen LogP contribution >= 0.6 is 24.0 Å². The third-order valence-corrected chi connectivity index (χ3v) is 3.75. The van der Waals surface area contributed by atoms with Crippen molar-refractivity contribution in [1.82, 2.24) is 10.6 Å². The quantitative estimate of drug-likeness (QED) is 0.287. The minimum Gasteiger partial charge on any atom is -0.488 e. The lowest BCUT2D eigenvalue weighted by Crippen LogP contribution is -2.42. The highest BCUT2D eigenvalue weighted by Crippen LogP contribution is 2.27. The third kappa shape index (κ3) is 6.95. The number of para-hydroxylation sites is 1. The van der Waals surface area contributed by atoms with Gasteiger partial charge in [-0.3, -0.25) is 4.99 Å². The molecule has 0 radical (unpaired) electrons. The van der Waals surface area contributed by atoms with Gasteiger partial charge in [-0.1, -0.05) is 18.2 Å². The second-order valence-corrected chi connectivity index (χ2v) is 5.49. The Kier molecular flexibility index (Phi) is 10.0. The maximum atomic E-state index is 5.91. The molecule has 0 saturated carbocycles. The van der Waals surface area contributed by atoms with E-state index in [-0.39, 0.29) is 30.1 Å². The fourth-order valence-electron chi connectivity index (χ4n) is 2.55. The molecule has 0 aromatic heterocycles. The van der Waals surface area contributed by atoms with Crippen LogP contribution in [0, 0.1) is 0 Å². The minimum absolute atomic E-state index is 0. The topological polar surface area (TPSA) is 54.9 Å². The number of hydrogen-bond acceptors (Lipinski definition) is 3. The van der Waals surface area contributed by atoms with E-state index in [2.05, 4.69) is 27.8 Å². The molecular formula is C17H28IN3O2. The summed E-state index contributed by atoms with van der Waals surface area (Å²) in [5, 5.41) is 6.67. The molecule has 2 N–H and O–H groups in total. The number of guanidine groups is 1. The van der Waals surface area contributed by atoms with Crippen LogP contribution in [0.5, 0.6) is 5.75 Å². The first-order valence-corrected chi connectivity index (χ1v) is 8.01. The van der Waals surface area contributed by atoms with Gasteiger partial charge in [-0.05, 0) is 30.9 Å². The lowest BCUT2D eigenvalue weighted by molar-refractivity contribution is 0.192. The number of halogens is 1. The Hall–Kier alpha value is -1.02. The van der Waals surface area contributed by atoms with Gasteiger partial charge >= 0.3 is 0 Å². The number of fused-ring (bicyclic) bond motifs is 1. The van der Waals surface area contributed by atoms with Crippen LogP contribution in [0.15, 0.2) is 29.3 Å². The second-order valence-electron chi connectivity index (χ2n) is 5.49. The maximum absolute atomic E-state index is 5.91. The van der Waals surface area contributed by atoms with Crippen LogP contribution in [-0.2, 0) is 11.2 Å². The number of hydrogen-bond donors (Lipinski definition) is 2. The van der Waals surface area contributed by atoms with Gasteiger partial charge in [-0.15, -0.1) is 24.0 Å². The zero-order valence-corrected chi connectivity index (χ0v) is 16.3. The number of rotatable bonds is 8. The van der Waals surface area contributed by atoms with Crippen LogP contribution in [0.4, 0.5) is 0 Å². The summed E-state index contributed by atoms with van der Waals surface area (Å²) in [4.78, 5) is 4.25. The lowest BCUT2D eigenvalue weighted by atomic mass is 10.1. The normalized spacial score (nSPS) is 16.3. The lowest BCUT2D eigenvalue weighted by Gasteiger charge is -2.15. The highest BCUT2D eigenvalue weighted by Gasteiger charge is 2.22. The van der Waals surface area contributed by atoms with Gasteiger partial charge in [0.25, 0.3) is 0 Å². The van der Waals surface area contributed by atoms with Crippen molar-refractivity contribution in [3.8, 4) is 5.75 Å². The van der Waals surface area contributed by atoms with Crippen molar-refractivity contribution in [1.29, 1.82) is 0 Å². The molecule has 0 aliphatic carbocycles. The van der Waals surface area contributed by atoms with E-state index < -0.39 is 0 Å².